The van der Waals surface area contributed by atoms with Gasteiger partial charge in [0, 0.05) is 44.5 Å². The second kappa shape index (κ2) is 7.16. The number of hydrogen-bond donors (Lipinski definition) is 2. The Bertz CT molecular complexity index is 547. The van der Waals surface area contributed by atoms with Crippen molar-refractivity contribution >= 4 is 17.2 Å². The molecule has 1 aromatic heterocycles. The van der Waals surface area contributed by atoms with Crippen molar-refractivity contribution in [2.75, 3.05) is 26.2 Å². The van der Waals surface area contributed by atoms with Crippen LogP contribution in [0.1, 0.15) is 17.1 Å². The number of carbonyl (C=O) groups is 1. The lowest BCUT2D eigenvalue weighted by atomic mass is 10.1. The molecule has 1 aromatic rings. The second-order valence-electron chi connectivity index (χ2n) is 5.95. The van der Waals surface area contributed by atoms with Crippen LogP contribution in [0.3, 0.4) is 0 Å². The van der Waals surface area contributed by atoms with Crippen LogP contribution in [-0.4, -0.2) is 65.6 Å². The monoisotopic (exact) mass is 345 g/mol. The number of piperazine rings is 1. The zero-order valence-electron chi connectivity index (χ0n) is 13.0. The number of thiazole rings is 1. The van der Waals surface area contributed by atoms with Crippen LogP contribution in [-0.2, 0) is 11.3 Å². The van der Waals surface area contributed by atoms with Crippen molar-refractivity contribution in [2.45, 2.75) is 38.6 Å². The molecule has 2 N–H and O–H groups in total. The Morgan fingerprint density at radius 2 is 2.13 bits per heavy atom. The summed E-state index contributed by atoms with van der Waals surface area (Å²) < 4.78 is 25.7. The molecule has 2 atom stereocenters. The van der Waals surface area contributed by atoms with E-state index in [0.29, 0.717) is 0 Å². The van der Waals surface area contributed by atoms with Crippen molar-refractivity contribution < 1.29 is 13.6 Å². The van der Waals surface area contributed by atoms with Crippen LogP contribution in [0.2, 0.25) is 0 Å². The maximum atomic E-state index is 12.9. The molecular weight excluding hydrogens is 324 g/mol. The van der Waals surface area contributed by atoms with Gasteiger partial charge >= 0.3 is 0 Å². The molecule has 2 aliphatic rings. The fourth-order valence-corrected chi connectivity index (χ4v) is 3.57. The molecule has 0 radical (unpaired) electrons. The third kappa shape index (κ3) is 4.23. The summed E-state index contributed by atoms with van der Waals surface area (Å²) >= 11 is 1.64. The Morgan fingerprint density at radius 3 is 2.74 bits per heavy atom. The Morgan fingerprint density at radius 1 is 1.39 bits per heavy atom. The maximum absolute atomic E-state index is 12.9. The molecule has 0 aliphatic carbocycles. The number of amides is 1. The van der Waals surface area contributed by atoms with Gasteiger partial charge in [-0.2, -0.15) is 0 Å². The molecule has 2 saturated heterocycles. The number of aromatic nitrogens is 1. The first-order valence-corrected chi connectivity index (χ1v) is 8.60. The minimum Gasteiger partial charge on any atom is -0.328 e. The summed E-state index contributed by atoms with van der Waals surface area (Å²) in [7, 11) is 0. The Balaban J connectivity index is 1.51. The molecule has 2 aliphatic heterocycles. The Hall–Kier alpha value is -1.16. The lowest BCUT2D eigenvalue weighted by Gasteiger charge is -2.42. The number of aryl methyl sites for hydroxylation is 1. The van der Waals surface area contributed by atoms with E-state index in [4.69, 9.17) is 0 Å². The zero-order chi connectivity index (χ0) is 16.4. The fraction of sp³-hybridized carbons (Fsp3) is 0.714. The van der Waals surface area contributed by atoms with Gasteiger partial charge < -0.3 is 5.32 Å². The largest absolute Gasteiger partial charge is 0.328 e. The lowest BCUT2D eigenvalue weighted by molar-refractivity contribution is -0.129. The highest BCUT2D eigenvalue weighted by Gasteiger charge is 2.35. The van der Waals surface area contributed by atoms with Crippen molar-refractivity contribution in [1.29, 1.82) is 0 Å². The highest BCUT2D eigenvalue weighted by atomic mass is 32.1. The average molecular weight is 345 g/mol. The summed E-state index contributed by atoms with van der Waals surface area (Å²) in [5, 5.41) is 8.72. The van der Waals surface area contributed by atoms with Gasteiger partial charge in [-0.1, -0.05) is 0 Å². The normalized spacial score (nSPS) is 27.4. The van der Waals surface area contributed by atoms with Crippen molar-refractivity contribution in [2.24, 2.45) is 0 Å². The number of nitrogens with one attached hydrogen (secondary N) is 2. The van der Waals surface area contributed by atoms with Crippen LogP contribution in [0.4, 0.5) is 8.78 Å². The number of nitrogens with zero attached hydrogens (tertiary/aromatic N) is 3. The topological polar surface area (TPSA) is 60.5 Å². The predicted molar refractivity (Wildman–Crippen MR) is 83.2 cm³/mol. The van der Waals surface area contributed by atoms with Crippen molar-refractivity contribution in [3.05, 3.63) is 16.1 Å². The van der Waals surface area contributed by atoms with Crippen LogP contribution in [0, 0.1) is 6.92 Å². The highest BCUT2D eigenvalue weighted by molar-refractivity contribution is 7.09. The SMILES string of the molecule is Cc1nc(CN2CCN(C3NC(=O)CC(C(F)F)N3)CC2)cs1. The predicted octanol–water partition coefficient (Wildman–Crippen LogP) is 0.596. The summed E-state index contributed by atoms with van der Waals surface area (Å²) in [5.74, 6) is -0.320. The van der Waals surface area contributed by atoms with Gasteiger partial charge in [0.25, 0.3) is 6.43 Å². The molecule has 6 nitrogen and oxygen atoms in total. The van der Waals surface area contributed by atoms with Gasteiger partial charge in [-0.25, -0.2) is 13.8 Å². The first kappa shape index (κ1) is 16.7. The minimum atomic E-state index is -2.53. The molecule has 3 rings (SSSR count). The summed E-state index contributed by atoms with van der Waals surface area (Å²) in [6.45, 7) is 5.88. The van der Waals surface area contributed by atoms with Crippen LogP contribution in [0.15, 0.2) is 5.38 Å². The lowest BCUT2D eigenvalue weighted by Crippen LogP contribution is -2.67. The summed E-state index contributed by atoms with van der Waals surface area (Å²) in [4.78, 5) is 20.4. The molecule has 0 saturated carbocycles. The van der Waals surface area contributed by atoms with Gasteiger partial charge in [-0.15, -0.1) is 11.3 Å². The summed E-state index contributed by atoms with van der Waals surface area (Å²) in [6.07, 6.45) is -3.20. The van der Waals surface area contributed by atoms with E-state index in [0.717, 1.165) is 43.4 Å². The Kier molecular flexibility index (Phi) is 5.20. The second-order valence-corrected chi connectivity index (χ2v) is 7.01. The van der Waals surface area contributed by atoms with Gasteiger partial charge in [-0.05, 0) is 6.92 Å². The summed E-state index contributed by atoms with van der Waals surface area (Å²) in [6, 6.07) is -1.07. The summed E-state index contributed by atoms with van der Waals surface area (Å²) in [5.41, 5.74) is 1.07. The molecule has 3 heterocycles. The minimum absolute atomic E-state index is 0.169. The molecule has 128 valence electrons. The van der Waals surface area contributed by atoms with E-state index in [1.807, 2.05) is 11.8 Å². The fourth-order valence-electron chi connectivity index (χ4n) is 2.96. The number of carbonyl (C=O) groups excluding carboxylic acids is 1. The standard InChI is InChI=1S/C14H21F2N5OS/c1-9-17-10(8-23-9)7-20-2-4-21(5-3-20)14-18-11(13(15)16)6-12(22)19-14/h8,11,13-14,18H,2-7H2,1H3,(H,19,22). The molecule has 23 heavy (non-hydrogen) atoms. The third-order valence-corrected chi connectivity index (χ3v) is 5.03. The number of hydrogen-bond acceptors (Lipinski definition) is 6. The number of halogens is 2. The first-order valence-electron chi connectivity index (χ1n) is 7.72. The van der Waals surface area contributed by atoms with Gasteiger partial charge in [0.2, 0.25) is 5.91 Å². The molecular formula is C14H21F2N5OS. The highest BCUT2D eigenvalue weighted by Crippen LogP contribution is 2.15. The van der Waals surface area contributed by atoms with Gasteiger partial charge in [0.05, 0.1) is 16.7 Å². The van der Waals surface area contributed by atoms with Crippen LogP contribution in [0.25, 0.3) is 0 Å². The maximum Gasteiger partial charge on any atom is 0.254 e. The molecule has 1 amide bonds. The molecule has 0 aromatic carbocycles. The third-order valence-electron chi connectivity index (χ3n) is 4.20. The van der Waals surface area contributed by atoms with E-state index in [-0.39, 0.29) is 12.3 Å². The molecule has 2 fully saturated rings. The molecule has 2 unspecified atom stereocenters. The van der Waals surface area contributed by atoms with Crippen LogP contribution < -0.4 is 10.6 Å². The molecule has 0 spiro atoms. The van der Waals surface area contributed by atoms with E-state index in [1.165, 1.54) is 0 Å². The smallest absolute Gasteiger partial charge is 0.254 e. The van der Waals surface area contributed by atoms with E-state index >= 15 is 0 Å². The van der Waals surface area contributed by atoms with E-state index < -0.39 is 18.8 Å². The first-order chi connectivity index (χ1) is 11.0. The van der Waals surface area contributed by atoms with E-state index in [9.17, 15) is 13.6 Å². The molecule has 0 bridgehead atoms. The quantitative estimate of drug-likeness (QED) is 0.837. The number of alkyl halides is 2. The van der Waals surface area contributed by atoms with Crippen LogP contribution >= 0.6 is 11.3 Å². The average Bonchev–Trinajstić information content (AvgIpc) is 2.92. The van der Waals surface area contributed by atoms with Crippen LogP contribution in [0.5, 0.6) is 0 Å². The van der Waals surface area contributed by atoms with E-state index in [1.54, 1.807) is 11.3 Å². The van der Waals surface area contributed by atoms with Crippen molar-refractivity contribution in [1.82, 2.24) is 25.4 Å². The number of rotatable bonds is 4. The zero-order valence-corrected chi connectivity index (χ0v) is 13.8. The van der Waals surface area contributed by atoms with Crippen molar-refractivity contribution in [3.63, 3.8) is 0 Å². The van der Waals surface area contributed by atoms with Gasteiger partial charge in [-0.3, -0.25) is 19.9 Å². The van der Waals surface area contributed by atoms with Crippen molar-refractivity contribution in [3.8, 4) is 0 Å². The van der Waals surface area contributed by atoms with E-state index in [2.05, 4.69) is 25.9 Å². The van der Waals surface area contributed by atoms with Gasteiger partial charge in [0.1, 0.15) is 6.29 Å². The molecule has 9 heteroatoms. The van der Waals surface area contributed by atoms with Gasteiger partial charge in [0.15, 0.2) is 0 Å². The Labute approximate surface area is 137 Å².